The number of carbonyl (C=O) groups is 1. The molecule has 4 heteroatoms. The Balaban J connectivity index is 2.05. The molecule has 0 aromatic heterocycles. The molecule has 1 aliphatic carbocycles. The molecule has 0 heterocycles. The first-order chi connectivity index (χ1) is 8.67. The smallest absolute Gasteiger partial charge is 0.309 e. The summed E-state index contributed by atoms with van der Waals surface area (Å²) >= 11 is 0. The van der Waals surface area contributed by atoms with Gasteiger partial charge in [-0.3, -0.25) is 4.79 Å². The predicted octanol–water partition coefficient (Wildman–Crippen LogP) is 2.42. The van der Waals surface area contributed by atoms with Crippen molar-refractivity contribution in [3.05, 3.63) is 29.8 Å². The summed E-state index contributed by atoms with van der Waals surface area (Å²) < 4.78 is 10.6. The van der Waals surface area contributed by atoms with Gasteiger partial charge < -0.3 is 9.47 Å². The van der Waals surface area contributed by atoms with Crippen LogP contribution in [0.1, 0.15) is 31.2 Å². The van der Waals surface area contributed by atoms with Crippen molar-refractivity contribution in [2.24, 2.45) is 0 Å². The van der Waals surface area contributed by atoms with Crippen LogP contribution in [-0.2, 0) is 9.53 Å². The Bertz CT molecular complexity index is 469. The monoisotopic (exact) mass is 245 g/mol. The van der Waals surface area contributed by atoms with Crippen LogP contribution in [0.15, 0.2) is 24.3 Å². The van der Waals surface area contributed by atoms with Gasteiger partial charge in [-0.2, -0.15) is 5.26 Å². The van der Waals surface area contributed by atoms with Gasteiger partial charge in [0.25, 0.3) is 0 Å². The first-order valence-corrected chi connectivity index (χ1v) is 5.93. The van der Waals surface area contributed by atoms with Crippen LogP contribution >= 0.6 is 0 Å². The van der Waals surface area contributed by atoms with Crippen molar-refractivity contribution >= 4 is 5.97 Å². The number of methoxy groups -OCH3 is 1. The molecule has 0 atom stereocenters. The molecule has 1 aromatic rings. The van der Waals surface area contributed by atoms with Crippen LogP contribution in [0.4, 0.5) is 0 Å². The van der Waals surface area contributed by atoms with Crippen LogP contribution in [0.2, 0.25) is 0 Å². The van der Waals surface area contributed by atoms with Gasteiger partial charge in [0.15, 0.2) is 0 Å². The average molecular weight is 245 g/mol. The van der Waals surface area contributed by atoms with E-state index in [0.717, 1.165) is 19.3 Å². The summed E-state index contributed by atoms with van der Waals surface area (Å²) in [4.78, 5) is 11.4. The summed E-state index contributed by atoms with van der Waals surface area (Å²) in [5, 5.41) is 8.72. The lowest BCUT2D eigenvalue weighted by Gasteiger charge is -2.41. The standard InChI is InChI=1S/C14H15NO3/c1-17-13(16)9-14(7-2-8-14)18-12-5-3-11(10-15)4-6-12/h3-6H,2,7-9H2,1H3. The first-order valence-electron chi connectivity index (χ1n) is 5.93. The minimum Gasteiger partial charge on any atom is -0.487 e. The molecule has 0 N–H and O–H groups in total. The molecule has 0 unspecified atom stereocenters. The van der Waals surface area contributed by atoms with E-state index in [1.165, 1.54) is 7.11 Å². The topological polar surface area (TPSA) is 59.3 Å². The molecule has 4 nitrogen and oxygen atoms in total. The van der Waals surface area contributed by atoms with Gasteiger partial charge in [0, 0.05) is 0 Å². The van der Waals surface area contributed by atoms with Crippen molar-refractivity contribution in [3.63, 3.8) is 0 Å². The van der Waals surface area contributed by atoms with Crippen molar-refractivity contribution in [1.82, 2.24) is 0 Å². The molecule has 0 amide bonds. The average Bonchev–Trinajstić information content (AvgIpc) is 2.36. The normalized spacial score (nSPS) is 16.2. The van der Waals surface area contributed by atoms with E-state index in [4.69, 9.17) is 14.7 Å². The maximum atomic E-state index is 11.4. The highest BCUT2D eigenvalue weighted by Crippen LogP contribution is 2.39. The van der Waals surface area contributed by atoms with Gasteiger partial charge in [-0.25, -0.2) is 0 Å². The van der Waals surface area contributed by atoms with Crippen molar-refractivity contribution < 1.29 is 14.3 Å². The highest BCUT2D eigenvalue weighted by Gasteiger charge is 2.41. The maximum absolute atomic E-state index is 11.4. The van der Waals surface area contributed by atoms with Crippen LogP contribution in [0, 0.1) is 11.3 Å². The van der Waals surface area contributed by atoms with E-state index in [0.29, 0.717) is 11.3 Å². The van der Waals surface area contributed by atoms with Crippen LogP contribution < -0.4 is 4.74 Å². The molecule has 18 heavy (non-hydrogen) atoms. The van der Waals surface area contributed by atoms with Crippen molar-refractivity contribution in [2.45, 2.75) is 31.3 Å². The van der Waals surface area contributed by atoms with Crippen LogP contribution in [-0.4, -0.2) is 18.7 Å². The predicted molar refractivity (Wildman–Crippen MR) is 65.0 cm³/mol. The molecule has 1 aromatic carbocycles. The quantitative estimate of drug-likeness (QED) is 0.764. The fourth-order valence-electron chi connectivity index (χ4n) is 2.07. The van der Waals surface area contributed by atoms with Crippen molar-refractivity contribution in [2.75, 3.05) is 7.11 Å². The highest BCUT2D eigenvalue weighted by molar-refractivity contribution is 5.70. The molecule has 2 rings (SSSR count). The lowest BCUT2D eigenvalue weighted by Crippen LogP contribution is -2.45. The Morgan fingerprint density at radius 2 is 2.06 bits per heavy atom. The third kappa shape index (κ3) is 2.62. The van der Waals surface area contributed by atoms with E-state index in [-0.39, 0.29) is 12.4 Å². The van der Waals surface area contributed by atoms with Gasteiger partial charge in [-0.05, 0) is 43.5 Å². The van der Waals surface area contributed by atoms with Gasteiger partial charge >= 0.3 is 5.97 Å². The Kier molecular flexibility index (Phi) is 3.52. The fraction of sp³-hybridized carbons (Fsp3) is 0.429. The zero-order valence-corrected chi connectivity index (χ0v) is 10.3. The minimum atomic E-state index is -0.415. The number of carbonyl (C=O) groups excluding carboxylic acids is 1. The number of esters is 1. The summed E-state index contributed by atoms with van der Waals surface area (Å²) in [6.45, 7) is 0. The SMILES string of the molecule is COC(=O)CC1(Oc2ccc(C#N)cc2)CCC1. The molecule has 0 saturated heterocycles. The number of rotatable bonds is 4. The number of ether oxygens (including phenoxy) is 2. The zero-order chi connectivity index (χ0) is 13.0. The fourth-order valence-corrected chi connectivity index (χ4v) is 2.07. The second-order valence-corrected chi connectivity index (χ2v) is 4.53. The molecule has 0 aliphatic heterocycles. The third-order valence-electron chi connectivity index (χ3n) is 3.28. The summed E-state index contributed by atoms with van der Waals surface area (Å²) in [5.74, 6) is 0.445. The van der Waals surface area contributed by atoms with E-state index in [2.05, 4.69) is 6.07 Å². The lowest BCUT2D eigenvalue weighted by atomic mass is 9.77. The van der Waals surface area contributed by atoms with Gasteiger partial charge in [0.05, 0.1) is 25.2 Å². The first kappa shape index (κ1) is 12.4. The number of nitriles is 1. The molecular weight excluding hydrogens is 230 g/mol. The van der Waals surface area contributed by atoms with E-state index in [9.17, 15) is 4.79 Å². The highest BCUT2D eigenvalue weighted by atomic mass is 16.5. The van der Waals surface area contributed by atoms with E-state index in [1.807, 2.05) is 0 Å². The number of hydrogen-bond donors (Lipinski definition) is 0. The minimum absolute atomic E-state index is 0.247. The Hall–Kier alpha value is -2.02. The largest absolute Gasteiger partial charge is 0.487 e. The maximum Gasteiger partial charge on any atom is 0.309 e. The Morgan fingerprint density at radius 1 is 1.39 bits per heavy atom. The van der Waals surface area contributed by atoms with Crippen LogP contribution in [0.3, 0.4) is 0 Å². The van der Waals surface area contributed by atoms with E-state index in [1.54, 1.807) is 24.3 Å². The molecular formula is C14H15NO3. The lowest BCUT2D eigenvalue weighted by molar-refractivity contribution is -0.148. The number of nitrogens with zero attached hydrogens (tertiary/aromatic N) is 1. The molecule has 94 valence electrons. The second kappa shape index (κ2) is 5.09. The van der Waals surface area contributed by atoms with E-state index < -0.39 is 5.60 Å². The Morgan fingerprint density at radius 3 is 2.50 bits per heavy atom. The van der Waals surface area contributed by atoms with Crippen LogP contribution in [0.25, 0.3) is 0 Å². The molecule has 1 aliphatic rings. The van der Waals surface area contributed by atoms with Gasteiger partial charge in [-0.1, -0.05) is 0 Å². The molecule has 1 fully saturated rings. The van der Waals surface area contributed by atoms with E-state index >= 15 is 0 Å². The summed E-state index contributed by atoms with van der Waals surface area (Å²) in [6, 6.07) is 8.99. The summed E-state index contributed by atoms with van der Waals surface area (Å²) in [5.41, 5.74) is 0.180. The van der Waals surface area contributed by atoms with Gasteiger partial charge in [-0.15, -0.1) is 0 Å². The van der Waals surface area contributed by atoms with Gasteiger partial charge in [0.2, 0.25) is 0 Å². The molecule has 0 bridgehead atoms. The molecule has 0 spiro atoms. The molecule has 0 radical (unpaired) electrons. The zero-order valence-electron chi connectivity index (χ0n) is 10.3. The second-order valence-electron chi connectivity index (χ2n) is 4.53. The van der Waals surface area contributed by atoms with Crippen LogP contribution in [0.5, 0.6) is 5.75 Å². The summed E-state index contributed by atoms with van der Waals surface area (Å²) in [6.07, 6.45) is 3.07. The Labute approximate surface area is 106 Å². The third-order valence-corrected chi connectivity index (χ3v) is 3.28. The van der Waals surface area contributed by atoms with Crippen molar-refractivity contribution in [1.29, 1.82) is 5.26 Å². The number of benzene rings is 1. The summed E-state index contributed by atoms with van der Waals surface area (Å²) in [7, 11) is 1.39. The van der Waals surface area contributed by atoms with Gasteiger partial charge in [0.1, 0.15) is 11.4 Å². The number of hydrogen-bond acceptors (Lipinski definition) is 4. The van der Waals surface area contributed by atoms with Crippen molar-refractivity contribution in [3.8, 4) is 11.8 Å². The molecule has 1 saturated carbocycles.